The molecule has 31 heavy (non-hydrogen) atoms. The van der Waals surface area contributed by atoms with Gasteiger partial charge in [0.25, 0.3) is 5.91 Å². The SMILES string of the molecule is COc1ccc(CN(C(=O)[C@H](C)Oc2cc(C)c(Cl)c(C)c2)[C@H]2CCS(=O)(=O)C2)cc1. The lowest BCUT2D eigenvalue weighted by molar-refractivity contribution is -0.140. The first-order chi connectivity index (χ1) is 14.6. The number of carbonyl (C=O) groups excluding carboxylic acids is 1. The molecule has 168 valence electrons. The molecule has 2 aromatic rings. The lowest BCUT2D eigenvalue weighted by atomic mass is 10.1. The minimum absolute atomic E-state index is 0.0270. The monoisotopic (exact) mass is 465 g/mol. The minimum Gasteiger partial charge on any atom is -0.497 e. The first-order valence-electron chi connectivity index (χ1n) is 10.2. The normalized spacial score (nSPS) is 18.4. The second-order valence-corrected chi connectivity index (χ2v) is 10.6. The quantitative estimate of drug-likeness (QED) is 0.619. The number of aryl methyl sites for hydroxylation is 2. The standard InChI is InChI=1S/C23H28ClNO5S/c1-15-11-21(12-16(2)22(15)24)30-17(3)23(26)25(19-9-10-31(27,28)14-19)13-18-5-7-20(29-4)8-6-18/h5-8,11-12,17,19H,9-10,13-14H2,1-4H3/t17-,19-/m0/s1. The van der Waals surface area contributed by atoms with Crippen LogP contribution in [0.15, 0.2) is 36.4 Å². The minimum atomic E-state index is -3.15. The van der Waals surface area contributed by atoms with Gasteiger partial charge in [-0.2, -0.15) is 0 Å². The van der Waals surface area contributed by atoms with Crippen molar-refractivity contribution in [3.63, 3.8) is 0 Å². The highest BCUT2D eigenvalue weighted by atomic mass is 35.5. The van der Waals surface area contributed by atoms with Crippen molar-refractivity contribution in [1.82, 2.24) is 4.90 Å². The molecular weight excluding hydrogens is 438 g/mol. The van der Waals surface area contributed by atoms with Crippen LogP contribution in [0.25, 0.3) is 0 Å². The molecular formula is C23H28ClNO5S. The molecule has 0 bridgehead atoms. The Labute approximate surface area is 189 Å². The van der Waals surface area contributed by atoms with Crippen LogP contribution in [0.5, 0.6) is 11.5 Å². The van der Waals surface area contributed by atoms with E-state index in [1.807, 2.05) is 38.1 Å². The van der Waals surface area contributed by atoms with E-state index >= 15 is 0 Å². The molecule has 1 amide bonds. The van der Waals surface area contributed by atoms with E-state index in [9.17, 15) is 13.2 Å². The second kappa shape index (κ2) is 9.49. The summed E-state index contributed by atoms with van der Waals surface area (Å²) in [5.74, 6) is 1.09. The Kier molecular flexibility index (Phi) is 7.17. The highest BCUT2D eigenvalue weighted by Gasteiger charge is 2.36. The van der Waals surface area contributed by atoms with Gasteiger partial charge in [0, 0.05) is 17.6 Å². The Hall–Kier alpha value is -2.25. The average molecular weight is 466 g/mol. The molecule has 8 heteroatoms. The van der Waals surface area contributed by atoms with Crippen LogP contribution in [0, 0.1) is 13.8 Å². The summed E-state index contributed by atoms with van der Waals surface area (Å²) in [5, 5.41) is 0.670. The van der Waals surface area contributed by atoms with Crippen molar-refractivity contribution in [1.29, 1.82) is 0 Å². The summed E-state index contributed by atoms with van der Waals surface area (Å²) in [6.45, 7) is 5.75. The summed E-state index contributed by atoms with van der Waals surface area (Å²) in [7, 11) is -1.56. The summed E-state index contributed by atoms with van der Waals surface area (Å²) in [5.41, 5.74) is 2.63. The largest absolute Gasteiger partial charge is 0.497 e. The van der Waals surface area contributed by atoms with Crippen molar-refractivity contribution < 1.29 is 22.7 Å². The van der Waals surface area contributed by atoms with Gasteiger partial charge in [0.1, 0.15) is 11.5 Å². The van der Waals surface area contributed by atoms with Crippen LogP contribution in [0.3, 0.4) is 0 Å². The van der Waals surface area contributed by atoms with E-state index in [1.165, 1.54) is 0 Å². The van der Waals surface area contributed by atoms with Crippen LogP contribution < -0.4 is 9.47 Å². The Morgan fingerprint density at radius 1 is 1.16 bits per heavy atom. The predicted molar refractivity (Wildman–Crippen MR) is 122 cm³/mol. The van der Waals surface area contributed by atoms with Gasteiger partial charge in [-0.3, -0.25) is 4.79 Å². The third kappa shape index (κ3) is 5.71. The van der Waals surface area contributed by atoms with Crippen molar-refractivity contribution in [3.05, 3.63) is 58.1 Å². The number of amides is 1. The fourth-order valence-electron chi connectivity index (χ4n) is 3.80. The summed E-state index contributed by atoms with van der Waals surface area (Å²) in [4.78, 5) is 15.0. The van der Waals surface area contributed by atoms with E-state index in [0.717, 1.165) is 22.4 Å². The molecule has 3 rings (SSSR count). The number of hydrogen-bond donors (Lipinski definition) is 0. The lowest BCUT2D eigenvalue weighted by Gasteiger charge is -2.31. The van der Waals surface area contributed by atoms with Gasteiger partial charge in [0.2, 0.25) is 0 Å². The molecule has 2 atom stereocenters. The number of rotatable bonds is 7. The first-order valence-corrected chi connectivity index (χ1v) is 12.4. The Bertz CT molecular complexity index is 1030. The van der Waals surface area contributed by atoms with Crippen molar-refractivity contribution in [2.75, 3.05) is 18.6 Å². The zero-order valence-electron chi connectivity index (χ0n) is 18.2. The molecule has 0 aromatic heterocycles. The molecule has 0 saturated carbocycles. The maximum atomic E-state index is 13.4. The zero-order chi connectivity index (χ0) is 22.8. The van der Waals surface area contributed by atoms with Crippen molar-refractivity contribution >= 4 is 27.3 Å². The number of carbonyl (C=O) groups is 1. The van der Waals surface area contributed by atoms with Gasteiger partial charge in [-0.05, 0) is 68.1 Å². The van der Waals surface area contributed by atoms with E-state index in [4.69, 9.17) is 21.1 Å². The van der Waals surface area contributed by atoms with Gasteiger partial charge >= 0.3 is 0 Å². The highest BCUT2D eigenvalue weighted by Crippen LogP contribution is 2.28. The van der Waals surface area contributed by atoms with E-state index in [2.05, 4.69) is 0 Å². The summed E-state index contributed by atoms with van der Waals surface area (Å²) in [6.07, 6.45) is -0.350. The van der Waals surface area contributed by atoms with Crippen LogP contribution in [-0.2, 0) is 21.2 Å². The van der Waals surface area contributed by atoms with Crippen LogP contribution in [0.4, 0.5) is 0 Å². The van der Waals surface area contributed by atoms with Gasteiger partial charge in [-0.15, -0.1) is 0 Å². The molecule has 1 saturated heterocycles. The van der Waals surface area contributed by atoms with Gasteiger partial charge in [-0.1, -0.05) is 23.7 Å². The van der Waals surface area contributed by atoms with E-state index < -0.39 is 15.9 Å². The number of hydrogen-bond acceptors (Lipinski definition) is 5. The molecule has 1 heterocycles. The number of halogens is 1. The van der Waals surface area contributed by atoms with Crippen molar-refractivity contribution in [2.24, 2.45) is 0 Å². The third-order valence-corrected chi connectivity index (χ3v) is 7.86. The number of ether oxygens (including phenoxy) is 2. The van der Waals surface area contributed by atoms with Crippen LogP contribution >= 0.6 is 11.6 Å². The van der Waals surface area contributed by atoms with E-state index in [0.29, 0.717) is 23.7 Å². The first kappa shape index (κ1) is 23.4. The molecule has 1 aliphatic rings. The van der Waals surface area contributed by atoms with Crippen LogP contribution in [-0.4, -0.2) is 50.0 Å². The summed E-state index contributed by atoms with van der Waals surface area (Å²) in [6, 6.07) is 10.6. The van der Waals surface area contributed by atoms with Gasteiger partial charge in [0.15, 0.2) is 15.9 Å². The average Bonchev–Trinajstić information content (AvgIpc) is 3.09. The summed E-state index contributed by atoms with van der Waals surface area (Å²) >= 11 is 6.23. The molecule has 0 spiro atoms. The van der Waals surface area contributed by atoms with Gasteiger partial charge < -0.3 is 14.4 Å². The number of sulfone groups is 1. The smallest absolute Gasteiger partial charge is 0.263 e. The maximum Gasteiger partial charge on any atom is 0.263 e. The Morgan fingerprint density at radius 3 is 2.29 bits per heavy atom. The second-order valence-electron chi connectivity index (χ2n) is 8.00. The van der Waals surface area contributed by atoms with Crippen molar-refractivity contribution in [2.45, 2.75) is 45.9 Å². The zero-order valence-corrected chi connectivity index (χ0v) is 19.8. The molecule has 0 radical (unpaired) electrons. The van der Waals surface area contributed by atoms with Crippen molar-refractivity contribution in [3.8, 4) is 11.5 Å². The number of nitrogens with zero attached hydrogens (tertiary/aromatic N) is 1. The number of benzene rings is 2. The van der Waals surface area contributed by atoms with Gasteiger partial charge in [0.05, 0.1) is 18.6 Å². The molecule has 0 aliphatic carbocycles. The fraction of sp³-hybridized carbons (Fsp3) is 0.435. The summed E-state index contributed by atoms with van der Waals surface area (Å²) < 4.78 is 35.3. The van der Waals surface area contributed by atoms with E-state index in [1.54, 1.807) is 31.1 Å². The number of methoxy groups -OCH3 is 1. The molecule has 1 aliphatic heterocycles. The highest BCUT2D eigenvalue weighted by molar-refractivity contribution is 7.91. The molecule has 0 unspecified atom stereocenters. The van der Waals surface area contributed by atoms with Crippen LogP contribution in [0.2, 0.25) is 5.02 Å². The molecule has 1 fully saturated rings. The Balaban J connectivity index is 1.82. The van der Waals surface area contributed by atoms with E-state index in [-0.39, 0.29) is 23.5 Å². The fourth-order valence-corrected chi connectivity index (χ4v) is 5.64. The third-order valence-electron chi connectivity index (χ3n) is 5.51. The Morgan fingerprint density at radius 2 is 1.77 bits per heavy atom. The molecule has 6 nitrogen and oxygen atoms in total. The predicted octanol–water partition coefficient (Wildman–Crippen LogP) is 3.95. The topological polar surface area (TPSA) is 72.9 Å². The van der Waals surface area contributed by atoms with Crippen LogP contribution in [0.1, 0.15) is 30.0 Å². The molecule has 0 N–H and O–H groups in total. The molecule has 2 aromatic carbocycles. The maximum absolute atomic E-state index is 13.4. The lowest BCUT2D eigenvalue weighted by Crippen LogP contribution is -2.46. The van der Waals surface area contributed by atoms with Gasteiger partial charge in [-0.25, -0.2) is 8.42 Å².